The highest BCUT2D eigenvalue weighted by Crippen LogP contribution is 2.43. The Bertz CT molecular complexity index is 605. The molecule has 1 aromatic carbocycles. The summed E-state index contributed by atoms with van der Waals surface area (Å²) in [5.74, 6) is -0.342. The van der Waals surface area contributed by atoms with Crippen LogP contribution in [0.25, 0.3) is 0 Å². The van der Waals surface area contributed by atoms with Gasteiger partial charge in [-0.25, -0.2) is 8.78 Å². The molecule has 8 heteroatoms. The third kappa shape index (κ3) is 6.53. The maximum atomic E-state index is 13.9. The monoisotopic (exact) mass is 494 g/mol. The van der Waals surface area contributed by atoms with Gasteiger partial charge in [0.25, 0.3) is 0 Å². The van der Waals surface area contributed by atoms with Gasteiger partial charge in [0.1, 0.15) is 11.6 Å². The number of halogens is 3. The summed E-state index contributed by atoms with van der Waals surface area (Å²) in [6.45, 7) is 8.08. The normalized spacial score (nSPS) is 22.9. The fraction of sp³-hybridized carbons (Fsp3) is 0.632. The molecule has 0 radical (unpaired) electrons. The first-order valence-corrected chi connectivity index (χ1v) is 9.48. The van der Waals surface area contributed by atoms with Crippen molar-refractivity contribution < 1.29 is 13.5 Å². The Morgan fingerprint density at radius 1 is 1.26 bits per heavy atom. The minimum Gasteiger partial charge on any atom is -0.379 e. The predicted octanol–water partition coefficient (Wildman–Crippen LogP) is 2.72. The van der Waals surface area contributed by atoms with Crippen LogP contribution in [0.1, 0.15) is 31.2 Å². The summed E-state index contributed by atoms with van der Waals surface area (Å²) >= 11 is 0. The highest BCUT2D eigenvalue weighted by molar-refractivity contribution is 14.0. The summed E-state index contributed by atoms with van der Waals surface area (Å²) < 4.78 is 33.1. The van der Waals surface area contributed by atoms with Crippen molar-refractivity contribution in [1.82, 2.24) is 15.5 Å². The molecule has 2 atom stereocenters. The molecule has 1 saturated carbocycles. The van der Waals surface area contributed by atoms with Crippen LogP contribution in [0.5, 0.6) is 0 Å². The number of benzene rings is 1. The lowest BCUT2D eigenvalue weighted by molar-refractivity contribution is 0.0377. The molecule has 2 fully saturated rings. The predicted molar refractivity (Wildman–Crippen MR) is 114 cm³/mol. The first kappa shape index (κ1) is 22.3. The van der Waals surface area contributed by atoms with E-state index in [1.807, 2.05) is 6.92 Å². The Kier molecular flexibility index (Phi) is 9.17. The molecular weight excluding hydrogens is 465 g/mol. The number of ether oxygens (including phenoxy) is 1. The zero-order valence-electron chi connectivity index (χ0n) is 15.7. The topological polar surface area (TPSA) is 48.9 Å². The molecule has 5 nitrogen and oxygen atoms in total. The second kappa shape index (κ2) is 11.1. The molecule has 0 amide bonds. The molecule has 1 aliphatic heterocycles. The fourth-order valence-corrected chi connectivity index (χ4v) is 3.34. The second-order valence-electron chi connectivity index (χ2n) is 6.80. The van der Waals surface area contributed by atoms with Gasteiger partial charge in [0, 0.05) is 50.2 Å². The van der Waals surface area contributed by atoms with Crippen LogP contribution in [0.4, 0.5) is 8.78 Å². The number of morpholine rings is 1. The average molecular weight is 494 g/mol. The van der Waals surface area contributed by atoms with E-state index in [-0.39, 0.29) is 41.5 Å². The number of guanidine groups is 1. The van der Waals surface area contributed by atoms with Gasteiger partial charge in [0.2, 0.25) is 0 Å². The van der Waals surface area contributed by atoms with Crippen LogP contribution in [-0.4, -0.2) is 62.8 Å². The van der Waals surface area contributed by atoms with Gasteiger partial charge >= 0.3 is 0 Å². The molecule has 2 N–H and O–H groups in total. The highest BCUT2D eigenvalue weighted by Gasteiger charge is 2.42. The van der Waals surface area contributed by atoms with E-state index in [2.05, 4.69) is 20.5 Å². The Morgan fingerprint density at radius 2 is 1.96 bits per heavy atom. The van der Waals surface area contributed by atoms with Crippen molar-refractivity contribution in [2.75, 3.05) is 45.9 Å². The van der Waals surface area contributed by atoms with E-state index < -0.39 is 11.6 Å². The summed E-state index contributed by atoms with van der Waals surface area (Å²) in [4.78, 5) is 6.99. The number of nitrogens with one attached hydrogen (secondary N) is 2. The van der Waals surface area contributed by atoms with Crippen LogP contribution in [0.3, 0.4) is 0 Å². The van der Waals surface area contributed by atoms with Crippen molar-refractivity contribution in [2.24, 2.45) is 4.99 Å². The van der Waals surface area contributed by atoms with Crippen LogP contribution in [-0.2, 0) is 4.74 Å². The molecular formula is C19H29F2IN4O. The summed E-state index contributed by atoms with van der Waals surface area (Å²) in [6.07, 6.45) is 1.70. The van der Waals surface area contributed by atoms with Gasteiger partial charge in [-0.2, -0.15) is 0 Å². The lowest BCUT2D eigenvalue weighted by Crippen LogP contribution is -2.39. The quantitative estimate of drug-likeness (QED) is 0.265. The lowest BCUT2D eigenvalue weighted by atomic mass is 10.1. The van der Waals surface area contributed by atoms with E-state index in [0.29, 0.717) is 0 Å². The first-order valence-electron chi connectivity index (χ1n) is 9.48. The smallest absolute Gasteiger partial charge is 0.191 e. The Balaban J connectivity index is 0.00000261. The zero-order chi connectivity index (χ0) is 18.4. The van der Waals surface area contributed by atoms with E-state index in [1.165, 1.54) is 18.2 Å². The molecule has 152 valence electrons. The minimum atomic E-state index is -0.466. The zero-order valence-corrected chi connectivity index (χ0v) is 18.0. The third-order valence-corrected chi connectivity index (χ3v) is 4.83. The summed E-state index contributed by atoms with van der Waals surface area (Å²) in [6, 6.07) is 4.06. The largest absolute Gasteiger partial charge is 0.379 e. The number of rotatable bonds is 7. The summed E-state index contributed by atoms with van der Waals surface area (Å²) in [5, 5.41) is 6.52. The van der Waals surface area contributed by atoms with Gasteiger partial charge in [0.15, 0.2) is 5.96 Å². The molecule has 2 unspecified atom stereocenters. The molecule has 0 bridgehead atoms. The van der Waals surface area contributed by atoms with Crippen LogP contribution in [0, 0.1) is 11.6 Å². The summed E-state index contributed by atoms with van der Waals surface area (Å²) in [5.41, 5.74) is 0.188. The van der Waals surface area contributed by atoms with Gasteiger partial charge in [-0.05, 0) is 31.9 Å². The molecule has 1 saturated heterocycles. The van der Waals surface area contributed by atoms with Crippen molar-refractivity contribution in [2.45, 2.75) is 31.7 Å². The number of hydrogen-bond acceptors (Lipinski definition) is 3. The van der Waals surface area contributed by atoms with Crippen LogP contribution in [0.15, 0.2) is 23.2 Å². The lowest BCUT2D eigenvalue weighted by Gasteiger charge is -2.26. The van der Waals surface area contributed by atoms with Gasteiger partial charge in [-0.3, -0.25) is 9.89 Å². The number of hydrogen-bond donors (Lipinski definition) is 2. The van der Waals surface area contributed by atoms with E-state index in [0.717, 1.165) is 64.7 Å². The number of aliphatic imine (C=N–C) groups is 1. The van der Waals surface area contributed by atoms with Gasteiger partial charge in [-0.1, -0.05) is 6.07 Å². The maximum absolute atomic E-state index is 13.9. The SMILES string of the molecule is CCNC(=NCCCN1CCOCC1)NC1CC1c1c(F)cccc1F.I. The van der Waals surface area contributed by atoms with Crippen molar-refractivity contribution in [3.8, 4) is 0 Å². The average Bonchev–Trinajstić information content (AvgIpc) is 3.38. The van der Waals surface area contributed by atoms with Crippen LogP contribution >= 0.6 is 24.0 Å². The van der Waals surface area contributed by atoms with E-state index in [1.54, 1.807) is 0 Å². The van der Waals surface area contributed by atoms with E-state index in [4.69, 9.17) is 4.74 Å². The van der Waals surface area contributed by atoms with Gasteiger partial charge in [-0.15, -0.1) is 24.0 Å². The van der Waals surface area contributed by atoms with Crippen molar-refractivity contribution in [3.63, 3.8) is 0 Å². The second-order valence-corrected chi connectivity index (χ2v) is 6.80. The van der Waals surface area contributed by atoms with Gasteiger partial charge in [0.05, 0.1) is 13.2 Å². The third-order valence-electron chi connectivity index (χ3n) is 4.83. The maximum Gasteiger partial charge on any atom is 0.191 e. The van der Waals surface area contributed by atoms with Crippen LogP contribution in [0.2, 0.25) is 0 Å². The molecule has 2 aliphatic rings. The molecule has 1 aliphatic carbocycles. The van der Waals surface area contributed by atoms with Crippen LogP contribution < -0.4 is 10.6 Å². The Morgan fingerprint density at radius 3 is 2.63 bits per heavy atom. The van der Waals surface area contributed by atoms with E-state index >= 15 is 0 Å². The summed E-state index contributed by atoms with van der Waals surface area (Å²) in [7, 11) is 0. The first-order chi connectivity index (χ1) is 12.7. The molecule has 3 rings (SSSR count). The van der Waals surface area contributed by atoms with Crippen molar-refractivity contribution in [3.05, 3.63) is 35.4 Å². The molecule has 27 heavy (non-hydrogen) atoms. The van der Waals surface area contributed by atoms with Crippen molar-refractivity contribution >= 4 is 29.9 Å². The Hall–Kier alpha value is -1.000. The molecule has 1 aromatic rings. The van der Waals surface area contributed by atoms with E-state index in [9.17, 15) is 8.78 Å². The molecule has 0 aromatic heterocycles. The standard InChI is InChI=1S/C19H28F2N4O.HI/c1-2-22-19(23-7-4-8-25-9-11-26-12-10-25)24-17-13-14(17)18-15(20)5-3-6-16(18)21;/h3,5-6,14,17H,2,4,7-13H2,1H3,(H2,22,23,24);1H. The highest BCUT2D eigenvalue weighted by atomic mass is 127. The molecule has 1 heterocycles. The number of nitrogens with zero attached hydrogens (tertiary/aromatic N) is 2. The fourth-order valence-electron chi connectivity index (χ4n) is 3.34. The molecule has 0 spiro atoms. The minimum absolute atomic E-state index is 0. The Labute approximate surface area is 177 Å². The van der Waals surface area contributed by atoms with Crippen molar-refractivity contribution in [1.29, 1.82) is 0 Å². The van der Waals surface area contributed by atoms with Gasteiger partial charge < -0.3 is 15.4 Å².